The van der Waals surface area contributed by atoms with Crippen molar-refractivity contribution in [2.24, 2.45) is 10.7 Å². The van der Waals surface area contributed by atoms with Gasteiger partial charge in [-0.3, -0.25) is 4.99 Å². The summed E-state index contributed by atoms with van der Waals surface area (Å²) in [7, 11) is 0. The van der Waals surface area contributed by atoms with Gasteiger partial charge in [-0.25, -0.2) is 8.78 Å². The Kier molecular flexibility index (Phi) is 5.57. The van der Waals surface area contributed by atoms with Crippen molar-refractivity contribution < 1.29 is 8.78 Å². The Balaban J connectivity index is 0.00000220. The first kappa shape index (κ1) is 18.1. The summed E-state index contributed by atoms with van der Waals surface area (Å²) < 4.78 is 27.7. The lowest BCUT2D eigenvalue weighted by Gasteiger charge is -2.22. The topological polar surface area (TPSA) is 50.4 Å². The lowest BCUT2D eigenvalue weighted by Crippen LogP contribution is -2.45. The van der Waals surface area contributed by atoms with E-state index in [0.29, 0.717) is 12.5 Å². The molecule has 1 aliphatic carbocycles. The molecule has 0 unspecified atom stereocenters. The lowest BCUT2D eigenvalue weighted by molar-refractivity contribution is 0.501. The predicted molar refractivity (Wildman–Crippen MR) is 92.1 cm³/mol. The van der Waals surface area contributed by atoms with Gasteiger partial charge < -0.3 is 11.1 Å². The maximum absolute atomic E-state index is 13.8. The molecule has 21 heavy (non-hydrogen) atoms. The van der Waals surface area contributed by atoms with E-state index in [1.807, 2.05) is 20.8 Å². The van der Waals surface area contributed by atoms with Gasteiger partial charge in [0.1, 0.15) is 11.6 Å². The third kappa shape index (κ3) is 4.52. The summed E-state index contributed by atoms with van der Waals surface area (Å²) in [6.45, 7) is 6.22. The second-order valence-corrected chi connectivity index (χ2v) is 6.45. The molecule has 1 aromatic rings. The third-order valence-corrected chi connectivity index (χ3v) is 3.40. The highest BCUT2D eigenvalue weighted by atomic mass is 127. The van der Waals surface area contributed by atoms with Crippen molar-refractivity contribution in [3.05, 3.63) is 35.4 Å². The molecule has 0 saturated heterocycles. The third-order valence-electron chi connectivity index (χ3n) is 3.40. The zero-order valence-corrected chi connectivity index (χ0v) is 14.9. The zero-order chi connectivity index (χ0) is 15.0. The van der Waals surface area contributed by atoms with E-state index in [9.17, 15) is 8.78 Å². The number of halogens is 3. The van der Waals surface area contributed by atoms with Crippen LogP contribution in [-0.4, -0.2) is 18.0 Å². The molecule has 1 saturated carbocycles. The Labute approximate surface area is 141 Å². The highest BCUT2D eigenvalue weighted by Crippen LogP contribution is 2.50. The van der Waals surface area contributed by atoms with Gasteiger partial charge in [-0.1, -0.05) is 6.07 Å². The van der Waals surface area contributed by atoms with Crippen molar-refractivity contribution in [3.63, 3.8) is 0 Å². The molecule has 0 atom stereocenters. The van der Waals surface area contributed by atoms with Crippen molar-refractivity contribution in [2.45, 2.75) is 44.6 Å². The van der Waals surface area contributed by atoms with Crippen LogP contribution in [0.3, 0.4) is 0 Å². The summed E-state index contributed by atoms with van der Waals surface area (Å²) in [5, 5.41) is 3.04. The molecule has 0 aromatic heterocycles. The number of guanidine groups is 1. The highest BCUT2D eigenvalue weighted by molar-refractivity contribution is 14.0. The summed E-state index contributed by atoms with van der Waals surface area (Å²) >= 11 is 0. The van der Waals surface area contributed by atoms with Crippen LogP contribution in [0.1, 0.15) is 39.2 Å². The van der Waals surface area contributed by atoms with E-state index in [2.05, 4.69) is 10.3 Å². The molecule has 0 amide bonds. The molecular formula is C15H22F2IN3. The number of nitrogens with zero attached hydrogens (tertiary/aromatic N) is 1. The van der Waals surface area contributed by atoms with Crippen molar-refractivity contribution in [2.75, 3.05) is 6.54 Å². The van der Waals surface area contributed by atoms with E-state index < -0.39 is 17.0 Å². The number of hydrogen-bond acceptors (Lipinski definition) is 1. The molecule has 3 N–H and O–H groups in total. The standard InChI is InChI=1S/C15H21F2N3.HI/c1-14(2,3)20-13(18)19-9-15(7-8-15)12-10(16)5-4-6-11(12)17;/h4-6H,7-9H2,1-3H3,(H3,18,19,20);1H. The van der Waals surface area contributed by atoms with Crippen LogP contribution in [0.4, 0.5) is 8.78 Å². The fourth-order valence-corrected chi connectivity index (χ4v) is 2.30. The molecule has 6 heteroatoms. The van der Waals surface area contributed by atoms with Crippen LogP contribution in [0.2, 0.25) is 0 Å². The second kappa shape index (κ2) is 6.46. The van der Waals surface area contributed by atoms with Gasteiger partial charge in [-0.15, -0.1) is 24.0 Å². The van der Waals surface area contributed by atoms with Gasteiger partial charge in [-0.2, -0.15) is 0 Å². The minimum absolute atomic E-state index is 0. The summed E-state index contributed by atoms with van der Waals surface area (Å²) in [4.78, 5) is 4.25. The van der Waals surface area contributed by atoms with Gasteiger partial charge in [0.2, 0.25) is 0 Å². The van der Waals surface area contributed by atoms with Crippen LogP contribution in [0.5, 0.6) is 0 Å². The SMILES string of the molecule is CC(C)(C)NC(N)=NCC1(c2c(F)cccc2F)CC1.I. The summed E-state index contributed by atoms with van der Waals surface area (Å²) in [6, 6.07) is 3.96. The maximum Gasteiger partial charge on any atom is 0.189 e. The van der Waals surface area contributed by atoms with Crippen molar-refractivity contribution in [1.29, 1.82) is 0 Å². The molecule has 1 aromatic carbocycles. The Morgan fingerprint density at radius 1 is 1.29 bits per heavy atom. The molecule has 0 heterocycles. The van der Waals surface area contributed by atoms with E-state index in [1.165, 1.54) is 18.2 Å². The second-order valence-electron chi connectivity index (χ2n) is 6.45. The molecule has 0 radical (unpaired) electrons. The summed E-state index contributed by atoms with van der Waals surface area (Å²) in [6.07, 6.45) is 1.47. The van der Waals surface area contributed by atoms with Gasteiger partial charge in [0, 0.05) is 16.5 Å². The van der Waals surface area contributed by atoms with Crippen molar-refractivity contribution in [1.82, 2.24) is 5.32 Å². The molecule has 0 bridgehead atoms. The van der Waals surface area contributed by atoms with E-state index in [-0.39, 0.29) is 35.1 Å². The molecular weight excluding hydrogens is 387 g/mol. The largest absolute Gasteiger partial charge is 0.370 e. The van der Waals surface area contributed by atoms with Gasteiger partial charge in [-0.05, 0) is 45.7 Å². The monoisotopic (exact) mass is 409 g/mol. The fraction of sp³-hybridized carbons (Fsp3) is 0.533. The Morgan fingerprint density at radius 2 is 1.81 bits per heavy atom. The van der Waals surface area contributed by atoms with E-state index >= 15 is 0 Å². The number of rotatable bonds is 3. The normalized spacial score (nSPS) is 17.1. The average Bonchev–Trinajstić information content (AvgIpc) is 3.05. The molecule has 118 valence electrons. The Bertz CT molecular complexity index is 514. The molecule has 0 spiro atoms. The molecule has 3 nitrogen and oxygen atoms in total. The first-order valence-corrected chi connectivity index (χ1v) is 6.76. The number of nitrogens with two attached hydrogens (primary N) is 1. The first-order chi connectivity index (χ1) is 9.23. The van der Waals surface area contributed by atoms with Crippen LogP contribution >= 0.6 is 24.0 Å². The molecule has 1 fully saturated rings. The van der Waals surface area contributed by atoms with Crippen LogP contribution in [0.25, 0.3) is 0 Å². The first-order valence-electron chi connectivity index (χ1n) is 6.76. The quantitative estimate of drug-likeness (QED) is 0.457. The summed E-state index contributed by atoms with van der Waals surface area (Å²) in [5.74, 6) is -0.694. The zero-order valence-electron chi connectivity index (χ0n) is 12.5. The van der Waals surface area contributed by atoms with Crippen molar-refractivity contribution in [3.8, 4) is 0 Å². The van der Waals surface area contributed by atoms with E-state index in [0.717, 1.165) is 12.8 Å². The predicted octanol–water partition coefficient (Wildman–Crippen LogP) is 3.32. The van der Waals surface area contributed by atoms with E-state index in [4.69, 9.17) is 5.73 Å². The van der Waals surface area contributed by atoms with Crippen LogP contribution in [0.15, 0.2) is 23.2 Å². The van der Waals surface area contributed by atoms with Crippen LogP contribution in [0, 0.1) is 11.6 Å². The fourth-order valence-electron chi connectivity index (χ4n) is 2.30. The van der Waals surface area contributed by atoms with Gasteiger partial charge in [0.15, 0.2) is 5.96 Å². The van der Waals surface area contributed by atoms with Crippen LogP contribution in [-0.2, 0) is 5.41 Å². The summed E-state index contributed by atoms with van der Waals surface area (Å²) in [5.41, 5.74) is 5.23. The van der Waals surface area contributed by atoms with Gasteiger partial charge >= 0.3 is 0 Å². The molecule has 2 rings (SSSR count). The maximum atomic E-state index is 13.8. The van der Waals surface area contributed by atoms with Crippen molar-refractivity contribution >= 4 is 29.9 Å². The minimum Gasteiger partial charge on any atom is -0.370 e. The van der Waals surface area contributed by atoms with Crippen LogP contribution < -0.4 is 11.1 Å². The number of benzene rings is 1. The Hall–Kier alpha value is -0.920. The average molecular weight is 409 g/mol. The number of hydrogen-bond donors (Lipinski definition) is 2. The lowest BCUT2D eigenvalue weighted by atomic mass is 9.95. The van der Waals surface area contributed by atoms with E-state index in [1.54, 1.807) is 0 Å². The minimum atomic E-state index is -0.528. The number of aliphatic imine (C=N–C) groups is 1. The smallest absolute Gasteiger partial charge is 0.189 e. The van der Waals surface area contributed by atoms with Gasteiger partial charge in [0.25, 0.3) is 0 Å². The Morgan fingerprint density at radius 3 is 2.24 bits per heavy atom. The number of nitrogens with one attached hydrogen (secondary N) is 1. The highest BCUT2D eigenvalue weighted by Gasteiger charge is 2.47. The molecule has 1 aliphatic rings. The molecule has 0 aliphatic heterocycles. The van der Waals surface area contributed by atoms with Gasteiger partial charge in [0.05, 0.1) is 6.54 Å².